The number of alkyl halides is 3. The van der Waals surface area contributed by atoms with Gasteiger partial charge in [0.25, 0.3) is 0 Å². The Balaban J connectivity index is 1.57. The molecule has 4 heterocycles. The van der Waals surface area contributed by atoms with E-state index < -0.39 is 52.5 Å². The molecular formula is C24H20F3N3O3. The summed E-state index contributed by atoms with van der Waals surface area (Å²) in [5, 5.41) is 2.91. The van der Waals surface area contributed by atoms with Crippen LogP contribution in [0, 0.1) is 18.8 Å². The first-order chi connectivity index (χ1) is 15.7. The largest absolute Gasteiger partial charge is 0.418 e. The molecule has 0 bridgehead atoms. The average Bonchev–Trinajstić information content (AvgIpc) is 3.47. The lowest BCUT2D eigenvalue weighted by Crippen LogP contribution is -2.54. The van der Waals surface area contributed by atoms with Crippen molar-refractivity contribution < 1.29 is 27.6 Å². The molecule has 4 atom stereocenters. The van der Waals surface area contributed by atoms with Gasteiger partial charge in [0.05, 0.1) is 23.1 Å². The molecule has 9 heteroatoms. The fourth-order valence-corrected chi connectivity index (χ4v) is 6.52. The van der Waals surface area contributed by atoms with Crippen LogP contribution >= 0.6 is 0 Å². The number of para-hydroxylation sites is 2. The van der Waals surface area contributed by atoms with Crippen molar-refractivity contribution in [1.82, 2.24) is 4.90 Å². The first-order valence-electron chi connectivity index (χ1n) is 10.9. The van der Waals surface area contributed by atoms with Crippen LogP contribution in [0.1, 0.15) is 29.5 Å². The van der Waals surface area contributed by atoms with Crippen molar-refractivity contribution in [2.75, 3.05) is 16.8 Å². The number of amides is 3. The van der Waals surface area contributed by atoms with Gasteiger partial charge in [0.15, 0.2) is 0 Å². The molecule has 0 radical (unpaired) electrons. The van der Waals surface area contributed by atoms with E-state index in [1.54, 1.807) is 12.1 Å². The Bertz CT molecular complexity index is 1240. The number of nitrogens with one attached hydrogen (secondary N) is 1. The quantitative estimate of drug-likeness (QED) is 0.669. The van der Waals surface area contributed by atoms with E-state index in [2.05, 4.69) is 5.32 Å². The van der Waals surface area contributed by atoms with Gasteiger partial charge in [0.2, 0.25) is 17.7 Å². The van der Waals surface area contributed by atoms with Gasteiger partial charge in [-0.1, -0.05) is 30.3 Å². The number of hydrogen-bond acceptors (Lipinski definition) is 4. The molecule has 3 amide bonds. The van der Waals surface area contributed by atoms with Gasteiger partial charge < -0.3 is 5.32 Å². The number of halogens is 3. The second-order valence-corrected chi connectivity index (χ2v) is 9.15. The van der Waals surface area contributed by atoms with Crippen LogP contribution in [0.2, 0.25) is 0 Å². The van der Waals surface area contributed by atoms with E-state index in [0.29, 0.717) is 29.1 Å². The van der Waals surface area contributed by atoms with Gasteiger partial charge in [0, 0.05) is 17.3 Å². The summed E-state index contributed by atoms with van der Waals surface area (Å²) >= 11 is 0. The molecular weight excluding hydrogens is 435 g/mol. The molecule has 4 aliphatic heterocycles. The third-order valence-electron chi connectivity index (χ3n) is 7.69. The molecule has 0 aromatic heterocycles. The maximum Gasteiger partial charge on any atom is 0.418 e. The summed E-state index contributed by atoms with van der Waals surface area (Å²) in [5.41, 5.74) is -0.856. The monoisotopic (exact) mass is 455 g/mol. The fourth-order valence-electron chi connectivity index (χ4n) is 6.52. The Kier molecular flexibility index (Phi) is 3.98. The molecule has 0 saturated carbocycles. The number of imide groups is 1. The summed E-state index contributed by atoms with van der Waals surface area (Å²) in [6.45, 7) is 2.39. The molecule has 1 spiro atoms. The fraction of sp³-hybridized carbons (Fsp3) is 0.375. The zero-order valence-corrected chi connectivity index (χ0v) is 17.6. The standard InChI is InChI=1S/C24H20F3N3O3/c1-12-6-4-8-14-19(12)28-22(33)23(14)18-17(16-10-5-11-29(16)23)20(31)30(21(18)32)15-9-3-2-7-13(15)24(25,26)27/h2-4,6-9,16-18H,5,10-11H2,1H3,(H,28,33)/t16-,17-,18-,23+/m1/s1. The first kappa shape index (κ1) is 20.4. The van der Waals surface area contributed by atoms with E-state index in [1.807, 2.05) is 17.9 Å². The highest BCUT2D eigenvalue weighted by molar-refractivity contribution is 6.26. The Morgan fingerprint density at radius 1 is 1.03 bits per heavy atom. The minimum Gasteiger partial charge on any atom is -0.324 e. The van der Waals surface area contributed by atoms with Gasteiger partial charge >= 0.3 is 6.18 Å². The van der Waals surface area contributed by atoms with Crippen molar-refractivity contribution >= 4 is 29.1 Å². The number of rotatable bonds is 1. The molecule has 2 aromatic rings. The summed E-state index contributed by atoms with van der Waals surface area (Å²) in [6.07, 6.45) is -3.39. The van der Waals surface area contributed by atoms with E-state index in [-0.39, 0.29) is 6.04 Å². The van der Waals surface area contributed by atoms with Crippen molar-refractivity contribution in [3.05, 3.63) is 59.2 Å². The summed E-state index contributed by atoms with van der Waals surface area (Å²) in [7, 11) is 0. The average molecular weight is 455 g/mol. The van der Waals surface area contributed by atoms with Gasteiger partial charge in [-0.2, -0.15) is 13.2 Å². The Morgan fingerprint density at radius 2 is 1.79 bits per heavy atom. The number of carbonyl (C=O) groups is 3. The van der Waals surface area contributed by atoms with Gasteiger partial charge in [-0.25, -0.2) is 4.90 Å². The van der Waals surface area contributed by atoms with Gasteiger partial charge in [-0.05, 0) is 44.0 Å². The maximum absolute atomic E-state index is 13.8. The number of hydrogen-bond donors (Lipinski definition) is 1. The molecule has 33 heavy (non-hydrogen) atoms. The number of fused-ring (bicyclic) bond motifs is 7. The van der Waals surface area contributed by atoms with Gasteiger partial charge in [-0.3, -0.25) is 19.3 Å². The molecule has 1 N–H and O–H groups in total. The topological polar surface area (TPSA) is 69.7 Å². The Morgan fingerprint density at radius 3 is 2.55 bits per heavy atom. The van der Waals surface area contributed by atoms with E-state index in [1.165, 1.54) is 12.1 Å². The molecule has 2 aromatic carbocycles. The molecule has 6 rings (SSSR count). The second-order valence-electron chi connectivity index (χ2n) is 9.15. The third-order valence-corrected chi connectivity index (χ3v) is 7.69. The van der Waals surface area contributed by atoms with Crippen LogP contribution in [0.15, 0.2) is 42.5 Å². The summed E-state index contributed by atoms with van der Waals surface area (Å²) < 4.78 is 41.2. The molecule has 0 unspecified atom stereocenters. The zero-order valence-electron chi connectivity index (χ0n) is 17.6. The molecule has 4 aliphatic rings. The number of anilines is 2. The normalized spacial score (nSPS) is 30.7. The highest BCUT2D eigenvalue weighted by atomic mass is 19.4. The van der Waals surface area contributed by atoms with Crippen LogP contribution in [0.4, 0.5) is 24.5 Å². The van der Waals surface area contributed by atoms with Crippen molar-refractivity contribution in [1.29, 1.82) is 0 Å². The van der Waals surface area contributed by atoms with Crippen molar-refractivity contribution in [2.45, 2.75) is 37.5 Å². The Labute approximate surface area is 187 Å². The highest BCUT2D eigenvalue weighted by Gasteiger charge is 2.74. The smallest absolute Gasteiger partial charge is 0.324 e. The number of aryl methyl sites for hydroxylation is 1. The van der Waals surface area contributed by atoms with E-state index in [0.717, 1.165) is 24.1 Å². The van der Waals surface area contributed by atoms with Crippen molar-refractivity contribution in [3.63, 3.8) is 0 Å². The lowest BCUT2D eigenvalue weighted by atomic mass is 9.75. The minimum atomic E-state index is -4.74. The maximum atomic E-state index is 13.8. The molecule has 6 nitrogen and oxygen atoms in total. The van der Waals surface area contributed by atoms with E-state index in [9.17, 15) is 27.6 Å². The van der Waals surface area contributed by atoms with E-state index >= 15 is 0 Å². The predicted molar refractivity (Wildman–Crippen MR) is 112 cm³/mol. The number of nitrogens with zero attached hydrogens (tertiary/aromatic N) is 2. The molecule has 0 aliphatic carbocycles. The minimum absolute atomic E-state index is 0.383. The van der Waals surface area contributed by atoms with Crippen LogP contribution in [0.5, 0.6) is 0 Å². The molecule has 170 valence electrons. The Hall–Kier alpha value is -3.20. The van der Waals surface area contributed by atoms with E-state index in [4.69, 9.17) is 0 Å². The summed E-state index contributed by atoms with van der Waals surface area (Å²) in [6, 6.07) is 9.65. The van der Waals surface area contributed by atoms with Gasteiger partial charge in [-0.15, -0.1) is 0 Å². The van der Waals surface area contributed by atoms with Crippen LogP contribution in [0.3, 0.4) is 0 Å². The lowest BCUT2D eigenvalue weighted by Gasteiger charge is -2.36. The number of carbonyl (C=O) groups excluding carboxylic acids is 3. The van der Waals surface area contributed by atoms with Crippen LogP contribution in [0.25, 0.3) is 0 Å². The van der Waals surface area contributed by atoms with Crippen LogP contribution in [-0.4, -0.2) is 35.2 Å². The first-order valence-corrected chi connectivity index (χ1v) is 10.9. The number of benzene rings is 2. The van der Waals surface area contributed by atoms with Gasteiger partial charge in [0.1, 0.15) is 5.54 Å². The van der Waals surface area contributed by atoms with Crippen molar-refractivity contribution in [2.24, 2.45) is 11.8 Å². The van der Waals surface area contributed by atoms with Crippen LogP contribution < -0.4 is 10.2 Å². The zero-order chi connectivity index (χ0) is 23.3. The van der Waals surface area contributed by atoms with Crippen molar-refractivity contribution in [3.8, 4) is 0 Å². The van der Waals surface area contributed by atoms with Crippen LogP contribution in [-0.2, 0) is 26.1 Å². The highest BCUT2D eigenvalue weighted by Crippen LogP contribution is 2.61. The second kappa shape index (κ2) is 6.44. The summed E-state index contributed by atoms with van der Waals surface area (Å²) in [4.78, 5) is 43.7. The lowest BCUT2D eigenvalue weighted by molar-refractivity contribution is -0.138. The summed E-state index contributed by atoms with van der Waals surface area (Å²) in [5.74, 6) is -3.76. The predicted octanol–water partition coefficient (Wildman–Crippen LogP) is 3.45. The third kappa shape index (κ3) is 2.35. The molecule has 3 fully saturated rings. The SMILES string of the molecule is Cc1cccc2c1NC(=O)[C@@]21[C@H]2C(=O)N(c3ccccc3C(F)(F)F)C(=O)[C@@H]2[C@H]2CCCN21. The molecule has 3 saturated heterocycles.